The van der Waals surface area contributed by atoms with Gasteiger partial charge >= 0.3 is 5.97 Å². The maximum absolute atomic E-state index is 13.4. The van der Waals surface area contributed by atoms with Gasteiger partial charge in [0.15, 0.2) is 0 Å². The molecule has 1 aromatic rings. The number of halogens is 1. The van der Waals surface area contributed by atoms with Crippen molar-refractivity contribution in [2.24, 2.45) is 0 Å². The molecule has 0 aliphatic carbocycles. The van der Waals surface area contributed by atoms with Crippen LogP contribution in [0.15, 0.2) is 23.1 Å². The predicted molar refractivity (Wildman–Crippen MR) is 78.7 cm³/mol. The molecule has 0 saturated carbocycles. The summed E-state index contributed by atoms with van der Waals surface area (Å²) in [6, 6.07) is 2.71. The van der Waals surface area contributed by atoms with Crippen molar-refractivity contribution in [3.8, 4) is 0 Å². The summed E-state index contributed by atoms with van der Waals surface area (Å²) in [6.45, 7) is 2.59. The normalized spacial score (nSPS) is 20.4. The van der Waals surface area contributed by atoms with Gasteiger partial charge in [-0.1, -0.05) is 6.92 Å². The Bertz CT molecular complexity index is 648. The molecule has 2 rings (SSSR count). The highest BCUT2D eigenvalue weighted by Crippen LogP contribution is 2.28. The summed E-state index contributed by atoms with van der Waals surface area (Å²) in [7, 11) is -4.00. The van der Waals surface area contributed by atoms with Crippen LogP contribution in [0, 0.1) is 5.82 Å². The first-order valence-corrected chi connectivity index (χ1v) is 8.99. The standard InChI is InChI=1S/C13H16FNO4S2/c1-2-10-8-15(5-6-20-10)21(18,19)12-7-9(14)3-4-11(12)13(16)17/h3-4,7,10H,2,5-6,8H2,1H3,(H,16,17). The fourth-order valence-corrected chi connectivity index (χ4v) is 5.25. The molecular weight excluding hydrogens is 317 g/mol. The molecule has 0 amide bonds. The lowest BCUT2D eigenvalue weighted by atomic mass is 10.2. The minimum atomic E-state index is -4.00. The highest BCUT2D eigenvalue weighted by molar-refractivity contribution is 8.00. The summed E-state index contributed by atoms with van der Waals surface area (Å²) in [6.07, 6.45) is 0.825. The van der Waals surface area contributed by atoms with E-state index in [-0.39, 0.29) is 5.25 Å². The zero-order chi connectivity index (χ0) is 15.6. The highest BCUT2D eigenvalue weighted by Gasteiger charge is 2.33. The largest absolute Gasteiger partial charge is 0.478 e. The van der Waals surface area contributed by atoms with Crippen molar-refractivity contribution in [3.05, 3.63) is 29.6 Å². The second-order valence-electron chi connectivity index (χ2n) is 4.71. The topological polar surface area (TPSA) is 74.7 Å². The minimum absolute atomic E-state index is 0.176. The summed E-state index contributed by atoms with van der Waals surface area (Å²) in [4.78, 5) is 10.7. The lowest BCUT2D eigenvalue weighted by Crippen LogP contribution is -2.42. The Morgan fingerprint density at radius 2 is 2.24 bits per heavy atom. The molecule has 8 heteroatoms. The first kappa shape index (κ1) is 16.3. The van der Waals surface area contributed by atoms with Crippen molar-refractivity contribution >= 4 is 27.8 Å². The van der Waals surface area contributed by atoms with Crippen LogP contribution in [0.1, 0.15) is 23.7 Å². The lowest BCUT2D eigenvalue weighted by molar-refractivity contribution is 0.0692. The number of aromatic carboxylic acids is 1. The fourth-order valence-electron chi connectivity index (χ4n) is 2.18. The number of carboxylic acids is 1. The van der Waals surface area contributed by atoms with E-state index in [9.17, 15) is 17.6 Å². The molecule has 1 heterocycles. The van der Waals surface area contributed by atoms with Crippen LogP contribution in [0.3, 0.4) is 0 Å². The molecule has 1 aliphatic rings. The third kappa shape index (κ3) is 3.38. The molecule has 1 N–H and O–H groups in total. The second-order valence-corrected chi connectivity index (χ2v) is 8.02. The smallest absolute Gasteiger partial charge is 0.337 e. The van der Waals surface area contributed by atoms with Gasteiger partial charge in [0.1, 0.15) is 5.82 Å². The zero-order valence-electron chi connectivity index (χ0n) is 11.5. The van der Waals surface area contributed by atoms with Crippen LogP contribution in [0.4, 0.5) is 4.39 Å². The molecule has 1 aromatic carbocycles. The summed E-state index contributed by atoms with van der Waals surface area (Å²) in [5, 5.41) is 9.28. The average Bonchev–Trinajstić information content (AvgIpc) is 2.46. The van der Waals surface area contributed by atoms with Gasteiger partial charge in [-0.3, -0.25) is 0 Å². The summed E-state index contributed by atoms with van der Waals surface area (Å²) < 4.78 is 39.8. The Balaban J connectivity index is 2.44. The van der Waals surface area contributed by atoms with Crippen LogP contribution in [0.5, 0.6) is 0 Å². The van der Waals surface area contributed by atoms with E-state index in [4.69, 9.17) is 5.11 Å². The summed E-state index contributed by atoms with van der Waals surface area (Å²) in [5.74, 6) is -1.50. The molecule has 0 aromatic heterocycles. The molecule has 116 valence electrons. The summed E-state index contributed by atoms with van der Waals surface area (Å²) in [5.41, 5.74) is -0.400. The third-order valence-corrected chi connectivity index (χ3v) is 6.63. The van der Waals surface area contributed by atoms with Crippen LogP contribution in [-0.2, 0) is 10.0 Å². The predicted octanol–water partition coefficient (Wildman–Crippen LogP) is 2.04. The molecule has 0 radical (unpaired) electrons. The molecule has 1 unspecified atom stereocenters. The molecule has 0 bridgehead atoms. The number of carbonyl (C=O) groups is 1. The number of sulfonamides is 1. The van der Waals surface area contributed by atoms with Gasteiger partial charge in [0, 0.05) is 24.1 Å². The molecule has 1 atom stereocenters. The molecule has 1 fully saturated rings. The SMILES string of the molecule is CCC1CN(S(=O)(=O)c2cc(F)ccc2C(=O)O)CCS1. The minimum Gasteiger partial charge on any atom is -0.478 e. The van der Waals surface area contributed by atoms with E-state index in [1.165, 1.54) is 4.31 Å². The number of benzene rings is 1. The van der Waals surface area contributed by atoms with E-state index >= 15 is 0 Å². The van der Waals surface area contributed by atoms with E-state index in [0.29, 0.717) is 18.8 Å². The number of rotatable bonds is 4. The number of nitrogens with zero attached hydrogens (tertiary/aromatic N) is 1. The number of hydrogen-bond donors (Lipinski definition) is 1. The third-order valence-electron chi connectivity index (χ3n) is 3.35. The average molecular weight is 333 g/mol. The highest BCUT2D eigenvalue weighted by atomic mass is 32.2. The Kier molecular flexibility index (Phi) is 4.90. The van der Waals surface area contributed by atoms with Crippen molar-refractivity contribution in [2.45, 2.75) is 23.5 Å². The Labute approximate surface area is 127 Å². The van der Waals surface area contributed by atoms with Crippen molar-refractivity contribution in [1.82, 2.24) is 4.31 Å². The molecule has 0 spiro atoms. The van der Waals surface area contributed by atoms with Crippen LogP contribution < -0.4 is 0 Å². The first-order valence-electron chi connectivity index (χ1n) is 6.51. The van der Waals surface area contributed by atoms with E-state index in [1.54, 1.807) is 11.8 Å². The Hall–Kier alpha value is -1.12. The van der Waals surface area contributed by atoms with E-state index in [1.807, 2.05) is 6.92 Å². The van der Waals surface area contributed by atoms with Crippen molar-refractivity contribution < 1.29 is 22.7 Å². The second kappa shape index (κ2) is 6.33. The number of thioether (sulfide) groups is 1. The van der Waals surface area contributed by atoms with Crippen molar-refractivity contribution in [3.63, 3.8) is 0 Å². The van der Waals surface area contributed by atoms with Crippen LogP contribution in [-0.4, -0.2) is 47.9 Å². The maximum Gasteiger partial charge on any atom is 0.337 e. The fraction of sp³-hybridized carbons (Fsp3) is 0.462. The van der Waals surface area contributed by atoms with Gasteiger partial charge in [-0.15, -0.1) is 0 Å². The van der Waals surface area contributed by atoms with Gasteiger partial charge in [0.25, 0.3) is 0 Å². The monoisotopic (exact) mass is 333 g/mol. The number of carboxylic acid groups (broad SMARTS) is 1. The lowest BCUT2D eigenvalue weighted by Gasteiger charge is -2.31. The maximum atomic E-state index is 13.4. The van der Waals surface area contributed by atoms with Gasteiger partial charge in [-0.05, 0) is 24.6 Å². The molecule has 1 aliphatic heterocycles. The van der Waals surface area contributed by atoms with Crippen molar-refractivity contribution in [2.75, 3.05) is 18.8 Å². The van der Waals surface area contributed by atoms with E-state index < -0.39 is 32.3 Å². The van der Waals surface area contributed by atoms with E-state index in [2.05, 4.69) is 0 Å². The van der Waals surface area contributed by atoms with Crippen LogP contribution >= 0.6 is 11.8 Å². The van der Waals surface area contributed by atoms with Gasteiger partial charge in [-0.25, -0.2) is 17.6 Å². The van der Waals surface area contributed by atoms with Gasteiger partial charge < -0.3 is 5.11 Å². The zero-order valence-corrected chi connectivity index (χ0v) is 13.1. The summed E-state index contributed by atoms with van der Waals surface area (Å²) >= 11 is 1.70. The van der Waals surface area contributed by atoms with Crippen molar-refractivity contribution in [1.29, 1.82) is 0 Å². The van der Waals surface area contributed by atoms with Crippen LogP contribution in [0.25, 0.3) is 0 Å². The van der Waals surface area contributed by atoms with E-state index in [0.717, 1.165) is 24.6 Å². The molecule has 5 nitrogen and oxygen atoms in total. The Morgan fingerprint density at radius 1 is 1.52 bits per heavy atom. The quantitative estimate of drug-likeness (QED) is 0.913. The van der Waals surface area contributed by atoms with Gasteiger partial charge in [-0.2, -0.15) is 16.1 Å². The molecular formula is C13H16FNO4S2. The molecule has 1 saturated heterocycles. The van der Waals surface area contributed by atoms with Crippen LogP contribution in [0.2, 0.25) is 0 Å². The molecule has 21 heavy (non-hydrogen) atoms. The first-order chi connectivity index (χ1) is 9.86. The Morgan fingerprint density at radius 3 is 2.86 bits per heavy atom. The van der Waals surface area contributed by atoms with Gasteiger partial charge in [0.05, 0.1) is 10.5 Å². The number of hydrogen-bond acceptors (Lipinski definition) is 4. The van der Waals surface area contributed by atoms with Gasteiger partial charge in [0.2, 0.25) is 10.0 Å².